The van der Waals surface area contributed by atoms with Gasteiger partial charge in [0.1, 0.15) is 12.1 Å². The molecule has 7 nitrogen and oxygen atoms in total. The number of H-pyrrole nitrogens is 1. The van der Waals surface area contributed by atoms with E-state index in [4.69, 9.17) is 12.2 Å². The minimum Gasteiger partial charge on any atom is -0.365 e. The Balaban J connectivity index is 1.39. The number of likely N-dealkylation sites (N-methyl/N-ethyl adjacent to an activating group) is 1. The van der Waals surface area contributed by atoms with Crippen molar-refractivity contribution in [1.29, 1.82) is 0 Å². The molecule has 0 amide bonds. The zero-order valence-corrected chi connectivity index (χ0v) is 20.2. The van der Waals surface area contributed by atoms with Crippen molar-refractivity contribution in [3.05, 3.63) is 58.6 Å². The van der Waals surface area contributed by atoms with Crippen molar-refractivity contribution in [2.45, 2.75) is 33.0 Å². The highest BCUT2D eigenvalue weighted by Crippen LogP contribution is 2.26. The highest BCUT2D eigenvalue weighted by molar-refractivity contribution is 7.71. The van der Waals surface area contributed by atoms with Crippen LogP contribution in [0, 0.1) is 4.77 Å². The molecule has 1 saturated heterocycles. The lowest BCUT2D eigenvalue weighted by molar-refractivity contribution is 0.268. The second-order valence-electron chi connectivity index (χ2n) is 8.84. The third-order valence-electron chi connectivity index (χ3n) is 6.62. The summed E-state index contributed by atoms with van der Waals surface area (Å²) in [5.41, 5.74) is 5.68. The number of rotatable bonds is 6. The van der Waals surface area contributed by atoms with E-state index in [1.54, 1.807) is 6.33 Å². The fourth-order valence-corrected chi connectivity index (χ4v) is 5.06. The van der Waals surface area contributed by atoms with E-state index in [9.17, 15) is 0 Å². The lowest BCUT2D eigenvalue weighted by Gasteiger charge is -2.22. The van der Waals surface area contributed by atoms with Crippen molar-refractivity contribution in [3.8, 4) is 0 Å². The Labute approximate surface area is 199 Å². The van der Waals surface area contributed by atoms with Crippen LogP contribution in [-0.4, -0.2) is 62.5 Å². The summed E-state index contributed by atoms with van der Waals surface area (Å²) in [5, 5.41) is 4.57. The summed E-state index contributed by atoms with van der Waals surface area (Å²) in [6.07, 6.45) is 2.86. The molecule has 1 aliphatic rings. The van der Waals surface area contributed by atoms with Gasteiger partial charge >= 0.3 is 0 Å². The van der Waals surface area contributed by atoms with Gasteiger partial charge in [0.2, 0.25) is 0 Å². The van der Waals surface area contributed by atoms with Crippen molar-refractivity contribution in [1.82, 2.24) is 29.3 Å². The molecule has 0 saturated carbocycles. The number of fused-ring (bicyclic) bond motifs is 2. The minimum absolute atomic E-state index is 0.722. The van der Waals surface area contributed by atoms with Gasteiger partial charge in [0.05, 0.1) is 16.6 Å². The Bertz CT molecular complexity index is 1330. The number of hydrogen-bond donors (Lipinski definition) is 2. The lowest BCUT2D eigenvalue weighted by Crippen LogP contribution is -2.29. The number of aromatic nitrogens is 4. The normalized spacial score (nSPS) is 15.8. The maximum absolute atomic E-state index is 5.48. The van der Waals surface area contributed by atoms with Gasteiger partial charge in [-0.25, -0.2) is 9.97 Å². The zero-order chi connectivity index (χ0) is 22.8. The van der Waals surface area contributed by atoms with Crippen molar-refractivity contribution < 1.29 is 0 Å². The van der Waals surface area contributed by atoms with Crippen LogP contribution in [0.1, 0.15) is 24.5 Å². The molecular formula is C25H31N7S. The molecule has 0 radical (unpaired) electrons. The third-order valence-corrected chi connectivity index (χ3v) is 6.94. The predicted octanol–water partition coefficient (Wildman–Crippen LogP) is 4.41. The standard InChI is InChI=1S/C25H31N7S/c1-3-32-23-14-21-20(13-22(23)29-25(32)33)24(28-17-27-21)26-15-18-7-4-5-8-19(18)16-31-10-6-9-30(2)11-12-31/h4-5,7-8,13-14,17H,3,6,9-12,15-16H2,1-2H3,(H,29,33)(H,26,27,28). The molecule has 0 aliphatic carbocycles. The topological polar surface area (TPSA) is 65.0 Å². The summed E-state index contributed by atoms with van der Waals surface area (Å²) < 4.78 is 2.83. The fraction of sp³-hybridized carbons (Fsp3) is 0.400. The van der Waals surface area contributed by atoms with Crippen molar-refractivity contribution in [3.63, 3.8) is 0 Å². The van der Waals surface area contributed by atoms with E-state index in [1.165, 1.54) is 24.1 Å². The van der Waals surface area contributed by atoms with Crippen molar-refractivity contribution in [2.24, 2.45) is 0 Å². The van der Waals surface area contributed by atoms with E-state index >= 15 is 0 Å². The van der Waals surface area contributed by atoms with Crippen LogP contribution in [0.2, 0.25) is 0 Å². The highest BCUT2D eigenvalue weighted by Gasteiger charge is 2.14. The summed E-state index contributed by atoms with van der Waals surface area (Å²) in [6.45, 7) is 9.20. The highest BCUT2D eigenvalue weighted by atomic mass is 32.1. The SMILES string of the molecule is CCn1c(=S)[nH]c2cc3c(NCc4ccccc4CN4CCCN(C)CC4)ncnc3cc21. The molecule has 172 valence electrons. The zero-order valence-electron chi connectivity index (χ0n) is 19.3. The lowest BCUT2D eigenvalue weighted by atomic mass is 10.1. The van der Waals surface area contributed by atoms with Crippen LogP contribution in [0.4, 0.5) is 5.82 Å². The maximum atomic E-state index is 5.48. The van der Waals surface area contributed by atoms with Crippen LogP contribution >= 0.6 is 12.2 Å². The summed E-state index contributed by atoms with van der Waals surface area (Å²) in [6, 6.07) is 12.9. The van der Waals surface area contributed by atoms with Crippen LogP contribution in [0.3, 0.4) is 0 Å². The maximum Gasteiger partial charge on any atom is 0.178 e. The van der Waals surface area contributed by atoms with E-state index in [0.717, 1.165) is 71.8 Å². The van der Waals surface area contributed by atoms with Gasteiger partial charge in [0, 0.05) is 38.1 Å². The molecule has 0 spiro atoms. The minimum atomic E-state index is 0.722. The first kappa shape index (κ1) is 22.0. The average molecular weight is 462 g/mol. The number of hydrogen-bond acceptors (Lipinski definition) is 6. The molecule has 1 fully saturated rings. The van der Waals surface area contributed by atoms with Gasteiger partial charge < -0.3 is 19.8 Å². The quantitative estimate of drug-likeness (QED) is 0.415. The fourth-order valence-electron chi connectivity index (χ4n) is 4.72. The number of nitrogens with one attached hydrogen (secondary N) is 2. The van der Waals surface area contributed by atoms with Crippen LogP contribution in [0.25, 0.3) is 21.9 Å². The van der Waals surface area contributed by atoms with E-state index in [-0.39, 0.29) is 0 Å². The summed E-state index contributed by atoms with van der Waals surface area (Å²) in [4.78, 5) is 17.4. The van der Waals surface area contributed by atoms with E-state index in [2.05, 4.69) is 85.0 Å². The van der Waals surface area contributed by atoms with E-state index in [1.807, 2.05) is 0 Å². The van der Waals surface area contributed by atoms with Crippen molar-refractivity contribution in [2.75, 3.05) is 38.5 Å². The predicted molar refractivity (Wildman–Crippen MR) is 137 cm³/mol. The Morgan fingerprint density at radius 2 is 1.91 bits per heavy atom. The molecule has 0 bridgehead atoms. The third kappa shape index (κ3) is 4.64. The molecule has 3 heterocycles. The molecule has 0 atom stereocenters. The number of imidazole rings is 1. The second-order valence-corrected chi connectivity index (χ2v) is 9.23. The van der Waals surface area contributed by atoms with Crippen LogP contribution in [0.5, 0.6) is 0 Å². The molecular weight excluding hydrogens is 430 g/mol. The Hall–Kier alpha value is -2.81. The molecule has 2 aromatic carbocycles. The van der Waals surface area contributed by atoms with Crippen LogP contribution in [0.15, 0.2) is 42.7 Å². The number of aryl methyl sites for hydroxylation is 1. The van der Waals surface area contributed by atoms with Gasteiger partial charge in [0.15, 0.2) is 4.77 Å². The first-order chi connectivity index (χ1) is 16.1. The molecule has 1 aliphatic heterocycles. The molecule has 8 heteroatoms. The molecule has 2 N–H and O–H groups in total. The summed E-state index contributed by atoms with van der Waals surface area (Å²) in [5.74, 6) is 0.844. The number of nitrogens with zero attached hydrogens (tertiary/aromatic N) is 5. The van der Waals surface area contributed by atoms with Gasteiger partial charge in [0.25, 0.3) is 0 Å². The largest absolute Gasteiger partial charge is 0.365 e. The van der Waals surface area contributed by atoms with Gasteiger partial charge in [-0.05, 0) is 69.0 Å². The van der Waals surface area contributed by atoms with Crippen LogP contribution < -0.4 is 5.32 Å². The average Bonchev–Trinajstić information content (AvgIpc) is 2.98. The number of benzene rings is 2. The Morgan fingerprint density at radius 3 is 2.76 bits per heavy atom. The molecule has 33 heavy (non-hydrogen) atoms. The first-order valence-corrected chi connectivity index (χ1v) is 12.1. The molecule has 2 aromatic heterocycles. The second kappa shape index (κ2) is 9.59. The first-order valence-electron chi connectivity index (χ1n) is 11.7. The van der Waals surface area contributed by atoms with E-state index < -0.39 is 0 Å². The summed E-state index contributed by atoms with van der Waals surface area (Å²) >= 11 is 5.48. The van der Waals surface area contributed by atoms with Gasteiger partial charge in [-0.15, -0.1) is 0 Å². The molecule has 5 rings (SSSR count). The van der Waals surface area contributed by atoms with Gasteiger partial charge in [-0.2, -0.15) is 0 Å². The summed E-state index contributed by atoms with van der Waals surface area (Å²) in [7, 11) is 2.21. The monoisotopic (exact) mass is 461 g/mol. The van der Waals surface area contributed by atoms with Crippen molar-refractivity contribution >= 4 is 40.0 Å². The van der Waals surface area contributed by atoms with E-state index in [0.29, 0.717) is 0 Å². The number of aromatic amines is 1. The molecule has 4 aromatic rings. The molecule has 0 unspecified atom stereocenters. The van der Waals surface area contributed by atoms with Gasteiger partial charge in [-0.3, -0.25) is 4.90 Å². The van der Waals surface area contributed by atoms with Crippen LogP contribution in [-0.2, 0) is 19.6 Å². The smallest absolute Gasteiger partial charge is 0.178 e. The Morgan fingerprint density at radius 1 is 1.06 bits per heavy atom. The van der Waals surface area contributed by atoms with Gasteiger partial charge in [-0.1, -0.05) is 24.3 Å². The Kier molecular flexibility index (Phi) is 6.39. The number of anilines is 1.